The van der Waals surface area contributed by atoms with Crippen LogP contribution in [0.2, 0.25) is 0 Å². The summed E-state index contributed by atoms with van der Waals surface area (Å²) in [4.78, 5) is 4.18. The second-order valence-electron chi connectivity index (χ2n) is 5.91. The molecule has 0 amide bonds. The van der Waals surface area contributed by atoms with Crippen molar-refractivity contribution in [1.82, 2.24) is 4.98 Å². The number of nitrogens with one attached hydrogen (secondary N) is 1. The lowest BCUT2D eigenvalue weighted by atomic mass is 9.83. The van der Waals surface area contributed by atoms with Crippen LogP contribution in [0.1, 0.15) is 32.6 Å². The van der Waals surface area contributed by atoms with Crippen molar-refractivity contribution in [3.05, 3.63) is 36.7 Å². The second kappa shape index (κ2) is 5.60. The third-order valence-electron chi connectivity index (χ3n) is 4.40. The molecular weight excluding hydrogens is 232 g/mol. The molecule has 1 saturated carbocycles. The molecule has 3 rings (SSSR count). The lowest BCUT2D eigenvalue weighted by Gasteiger charge is -2.26. The molecule has 0 atom stereocenters. The Labute approximate surface area is 115 Å². The van der Waals surface area contributed by atoms with Gasteiger partial charge in [-0.1, -0.05) is 31.9 Å². The van der Waals surface area contributed by atoms with Crippen molar-refractivity contribution >= 4 is 16.5 Å². The first-order chi connectivity index (χ1) is 9.33. The molecule has 1 fully saturated rings. The smallest absolute Gasteiger partial charge is 0.0421 e. The van der Waals surface area contributed by atoms with Gasteiger partial charge in [0.15, 0.2) is 0 Å². The zero-order chi connectivity index (χ0) is 13.1. The minimum atomic E-state index is 0.841. The molecule has 0 bridgehead atoms. The maximum absolute atomic E-state index is 4.18. The summed E-state index contributed by atoms with van der Waals surface area (Å²) in [5, 5.41) is 6.14. The molecule has 1 aliphatic carbocycles. The molecular formula is C17H22N2. The lowest BCUT2D eigenvalue weighted by molar-refractivity contribution is 0.300. The number of fused-ring (bicyclic) bond motifs is 1. The summed E-state index contributed by atoms with van der Waals surface area (Å²) < 4.78 is 0. The number of hydrogen-bond acceptors (Lipinski definition) is 2. The number of anilines is 1. The Morgan fingerprint density at radius 2 is 2.00 bits per heavy atom. The average molecular weight is 254 g/mol. The van der Waals surface area contributed by atoms with Gasteiger partial charge in [-0.2, -0.15) is 0 Å². The predicted molar refractivity (Wildman–Crippen MR) is 81.4 cm³/mol. The molecule has 0 aliphatic heterocycles. The van der Waals surface area contributed by atoms with Crippen molar-refractivity contribution < 1.29 is 0 Å². The van der Waals surface area contributed by atoms with Gasteiger partial charge in [-0.25, -0.2) is 0 Å². The maximum atomic E-state index is 4.18. The minimum absolute atomic E-state index is 0.841. The maximum Gasteiger partial charge on any atom is 0.0421 e. The fourth-order valence-corrected chi connectivity index (χ4v) is 3.06. The van der Waals surface area contributed by atoms with E-state index in [-0.39, 0.29) is 0 Å². The normalized spacial score (nSPS) is 23.4. The number of benzene rings is 1. The molecule has 2 heteroatoms. The van der Waals surface area contributed by atoms with E-state index in [1.165, 1.54) is 42.1 Å². The van der Waals surface area contributed by atoms with E-state index in [0.29, 0.717) is 0 Å². The van der Waals surface area contributed by atoms with Gasteiger partial charge in [-0.05, 0) is 36.8 Å². The fraction of sp³-hybridized carbons (Fsp3) is 0.471. The highest BCUT2D eigenvalue weighted by atomic mass is 14.9. The Kier molecular flexibility index (Phi) is 3.67. The molecule has 2 nitrogen and oxygen atoms in total. The van der Waals surface area contributed by atoms with Gasteiger partial charge < -0.3 is 5.32 Å². The fourth-order valence-electron chi connectivity index (χ4n) is 3.06. The van der Waals surface area contributed by atoms with Crippen molar-refractivity contribution in [3.8, 4) is 0 Å². The van der Waals surface area contributed by atoms with E-state index in [9.17, 15) is 0 Å². The Hall–Kier alpha value is -1.57. The van der Waals surface area contributed by atoms with Crippen LogP contribution in [0.15, 0.2) is 36.7 Å². The lowest BCUT2D eigenvalue weighted by Crippen LogP contribution is -2.20. The Bertz CT molecular complexity index is 536. The van der Waals surface area contributed by atoms with E-state index in [1.807, 2.05) is 12.4 Å². The quantitative estimate of drug-likeness (QED) is 0.874. The summed E-state index contributed by atoms with van der Waals surface area (Å²) >= 11 is 0. The number of nitrogens with zero attached hydrogens (tertiary/aromatic N) is 1. The van der Waals surface area contributed by atoms with E-state index in [1.54, 1.807) is 0 Å². The average Bonchev–Trinajstić information content (AvgIpc) is 2.47. The van der Waals surface area contributed by atoms with Crippen molar-refractivity contribution in [2.24, 2.45) is 11.8 Å². The molecule has 0 spiro atoms. The molecule has 2 aromatic rings. The Morgan fingerprint density at radius 3 is 2.84 bits per heavy atom. The molecule has 1 N–H and O–H groups in total. The Balaban J connectivity index is 1.68. The highest BCUT2D eigenvalue weighted by molar-refractivity contribution is 5.93. The summed E-state index contributed by atoms with van der Waals surface area (Å²) in [5.41, 5.74) is 1.25. The highest BCUT2D eigenvalue weighted by Crippen LogP contribution is 2.29. The molecule has 0 unspecified atom stereocenters. The number of pyridine rings is 1. The second-order valence-corrected chi connectivity index (χ2v) is 5.91. The van der Waals surface area contributed by atoms with Gasteiger partial charge in [0.25, 0.3) is 0 Å². The van der Waals surface area contributed by atoms with Crippen LogP contribution in [0.25, 0.3) is 10.8 Å². The van der Waals surface area contributed by atoms with Gasteiger partial charge in [-0.3, -0.25) is 4.98 Å². The van der Waals surface area contributed by atoms with E-state index in [0.717, 1.165) is 18.4 Å². The van der Waals surface area contributed by atoms with E-state index in [2.05, 4.69) is 41.5 Å². The molecule has 19 heavy (non-hydrogen) atoms. The number of aromatic nitrogens is 1. The topological polar surface area (TPSA) is 24.9 Å². The summed E-state index contributed by atoms with van der Waals surface area (Å²) in [6.45, 7) is 3.48. The van der Waals surface area contributed by atoms with Crippen LogP contribution in [-0.2, 0) is 0 Å². The van der Waals surface area contributed by atoms with Crippen molar-refractivity contribution in [2.45, 2.75) is 32.6 Å². The third-order valence-corrected chi connectivity index (χ3v) is 4.40. The van der Waals surface area contributed by atoms with Crippen LogP contribution >= 0.6 is 0 Å². The summed E-state index contributed by atoms with van der Waals surface area (Å²) in [5.74, 6) is 1.77. The highest BCUT2D eigenvalue weighted by Gasteiger charge is 2.17. The Morgan fingerprint density at radius 1 is 1.16 bits per heavy atom. The predicted octanol–water partition coefficient (Wildman–Crippen LogP) is 4.47. The first kappa shape index (κ1) is 12.5. The molecule has 0 saturated heterocycles. The van der Waals surface area contributed by atoms with Crippen LogP contribution in [0.3, 0.4) is 0 Å². The van der Waals surface area contributed by atoms with E-state index < -0.39 is 0 Å². The number of hydrogen-bond donors (Lipinski definition) is 1. The largest absolute Gasteiger partial charge is 0.384 e. The SMILES string of the molecule is CC1CCC(CNc2cccc3cnccc23)CC1. The molecule has 0 radical (unpaired) electrons. The van der Waals surface area contributed by atoms with Crippen LogP contribution in [0, 0.1) is 11.8 Å². The molecule has 1 aliphatic rings. The van der Waals surface area contributed by atoms with Gasteiger partial charge in [0.2, 0.25) is 0 Å². The molecule has 1 heterocycles. The summed E-state index contributed by atoms with van der Waals surface area (Å²) in [6.07, 6.45) is 9.34. The first-order valence-corrected chi connectivity index (χ1v) is 7.39. The monoisotopic (exact) mass is 254 g/mol. The molecule has 1 aromatic carbocycles. The third kappa shape index (κ3) is 2.89. The van der Waals surface area contributed by atoms with Gasteiger partial charge >= 0.3 is 0 Å². The van der Waals surface area contributed by atoms with Gasteiger partial charge in [0.05, 0.1) is 0 Å². The van der Waals surface area contributed by atoms with Gasteiger partial charge in [0, 0.05) is 35.4 Å². The van der Waals surface area contributed by atoms with Crippen LogP contribution in [0.4, 0.5) is 5.69 Å². The molecule has 1 aromatic heterocycles. The van der Waals surface area contributed by atoms with Crippen molar-refractivity contribution in [2.75, 3.05) is 11.9 Å². The first-order valence-electron chi connectivity index (χ1n) is 7.39. The van der Waals surface area contributed by atoms with Crippen LogP contribution in [-0.4, -0.2) is 11.5 Å². The van der Waals surface area contributed by atoms with E-state index >= 15 is 0 Å². The zero-order valence-corrected chi connectivity index (χ0v) is 11.6. The van der Waals surface area contributed by atoms with Crippen LogP contribution < -0.4 is 5.32 Å². The summed E-state index contributed by atoms with van der Waals surface area (Å²) in [6, 6.07) is 8.50. The van der Waals surface area contributed by atoms with Gasteiger partial charge in [0.1, 0.15) is 0 Å². The van der Waals surface area contributed by atoms with E-state index in [4.69, 9.17) is 0 Å². The van der Waals surface area contributed by atoms with Crippen LogP contribution in [0.5, 0.6) is 0 Å². The van der Waals surface area contributed by atoms with Gasteiger partial charge in [-0.15, -0.1) is 0 Å². The summed E-state index contributed by atoms with van der Waals surface area (Å²) in [7, 11) is 0. The van der Waals surface area contributed by atoms with Crippen molar-refractivity contribution in [3.63, 3.8) is 0 Å². The zero-order valence-electron chi connectivity index (χ0n) is 11.6. The minimum Gasteiger partial charge on any atom is -0.384 e. The standard InChI is InChI=1S/C17H22N2/c1-13-5-7-14(8-6-13)11-19-17-4-2-3-15-12-18-10-9-16(15)17/h2-4,9-10,12-14,19H,5-8,11H2,1H3. The van der Waals surface area contributed by atoms with Crippen molar-refractivity contribution in [1.29, 1.82) is 0 Å². The molecule has 100 valence electrons. The number of rotatable bonds is 3.